The molecule has 2 aliphatic rings. The molecule has 0 aromatic carbocycles. The highest BCUT2D eigenvalue weighted by Gasteiger charge is 2.40. The molecule has 0 unspecified atom stereocenters. The molecule has 0 aromatic heterocycles. The molecule has 2 rings (SSSR count). The third-order valence-corrected chi connectivity index (χ3v) is 5.64. The van der Waals surface area contributed by atoms with Crippen molar-refractivity contribution in [3.63, 3.8) is 0 Å². The highest BCUT2D eigenvalue weighted by molar-refractivity contribution is 8.00. The van der Waals surface area contributed by atoms with Crippen molar-refractivity contribution in [1.29, 1.82) is 0 Å². The summed E-state index contributed by atoms with van der Waals surface area (Å²) in [5, 5.41) is 16.1. The number of hydrogen-bond donors (Lipinski definition) is 3. The van der Waals surface area contributed by atoms with Gasteiger partial charge in [-0.15, -0.1) is 11.8 Å². The van der Waals surface area contributed by atoms with Crippen LogP contribution < -0.4 is 10.6 Å². The summed E-state index contributed by atoms with van der Waals surface area (Å²) in [4.78, 5) is 23.4. The highest BCUT2D eigenvalue weighted by Crippen LogP contribution is 2.30. The lowest BCUT2D eigenvalue weighted by molar-refractivity contribution is -0.154. The number of ether oxygens (including phenoxy) is 1. The SMILES string of the molecule is O=C(CSC1CCNCC1)NCC1(C(=O)O)CCOCC1. The van der Waals surface area contributed by atoms with E-state index in [-0.39, 0.29) is 12.5 Å². The fourth-order valence-corrected chi connectivity index (χ4v) is 3.76. The van der Waals surface area contributed by atoms with Crippen molar-refractivity contribution in [3.8, 4) is 0 Å². The largest absolute Gasteiger partial charge is 0.481 e. The Balaban J connectivity index is 1.72. The van der Waals surface area contributed by atoms with Crippen molar-refractivity contribution in [1.82, 2.24) is 10.6 Å². The topological polar surface area (TPSA) is 87.7 Å². The zero-order chi connectivity index (χ0) is 15.1. The Hall–Kier alpha value is -0.790. The van der Waals surface area contributed by atoms with Crippen LogP contribution in [0.5, 0.6) is 0 Å². The van der Waals surface area contributed by atoms with Gasteiger partial charge in [-0.3, -0.25) is 9.59 Å². The van der Waals surface area contributed by atoms with Gasteiger partial charge in [0.1, 0.15) is 0 Å². The summed E-state index contributed by atoms with van der Waals surface area (Å²) in [5.41, 5.74) is -0.854. The Kier molecular flexibility index (Phi) is 6.32. The van der Waals surface area contributed by atoms with Gasteiger partial charge in [0.15, 0.2) is 0 Å². The maximum Gasteiger partial charge on any atom is 0.311 e. The molecule has 3 N–H and O–H groups in total. The Labute approximate surface area is 129 Å². The second kappa shape index (κ2) is 8.00. The molecule has 0 radical (unpaired) electrons. The molecule has 0 saturated carbocycles. The van der Waals surface area contributed by atoms with Gasteiger partial charge in [-0.05, 0) is 38.8 Å². The molecule has 0 spiro atoms. The van der Waals surface area contributed by atoms with Gasteiger partial charge in [0.05, 0.1) is 11.2 Å². The smallest absolute Gasteiger partial charge is 0.311 e. The Bertz CT molecular complexity index is 366. The summed E-state index contributed by atoms with van der Waals surface area (Å²) in [6.45, 7) is 3.14. The van der Waals surface area contributed by atoms with E-state index in [1.54, 1.807) is 11.8 Å². The zero-order valence-corrected chi connectivity index (χ0v) is 13.0. The van der Waals surface area contributed by atoms with Crippen molar-refractivity contribution in [2.45, 2.75) is 30.9 Å². The van der Waals surface area contributed by atoms with E-state index in [4.69, 9.17) is 4.74 Å². The van der Waals surface area contributed by atoms with Gasteiger partial charge >= 0.3 is 5.97 Å². The van der Waals surface area contributed by atoms with Crippen LogP contribution in [0.15, 0.2) is 0 Å². The number of aliphatic carboxylic acids is 1. The van der Waals surface area contributed by atoms with Crippen LogP contribution in [0, 0.1) is 5.41 Å². The molecule has 2 fully saturated rings. The first-order valence-corrected chi connectivity index (χ1v) is 8.57. The molecule has 1 amide bonds. The molecule has 0 aromatic rings. The van der Waals surface area contributed by atoms with Gasteiger partial charge in [-0.1, -0.05) is 0 Å². The van der Waals surface area contributed by atoms with E-state index < -0.39 is 11.4 Å². The average molecular weight is 316 g/mol. The minimum Gasteiger partial charge on any atom is -0.481 e. The molecule has 6 nitrogen and oxygen atoms in total. The zero-order valence-electron chi connectivity index (χ0n) is 12.2. The fourth-order valence-electron chi connectivity index (χ4n) is 2.70. The van der Waals surface area contributed by atoms with Crippen LogP contribution in [0.1, 0.15) is 25.7 Å². The van der Waals surface area contributed by atoms with Gasteiger partial charge in [0, 0.05) is 25.0 Å². The summed E-state index contributed by atoms with van der Waals surface area (Å²) < 4.78 is 5.22. The molecule has 120 valence electrons. The number of rotatable bonds is 6. The second-order valence-electron chi connectivity index (χ2n) is 5.73. The molecular formula is C14H24N2O4S. The average Bonchev–Trinajstić information content (AvgIpc) is 2.52. The van der Waals surface area contributed by atoms with E-state index >= 15 is 0 Å². The third kappa shape index (κ3) is 4.86. The first kappa shape index (κ1) is 16.6. The van der Waals surface area contributed by atoms with Crippen LogP contribution in [-0.2, 0) is 14.3 Å². The molecule has 2 saturated heterocycles. The molecule has 2 heterocycles. The Morgan fingerprint density at radius 3 is 2.57 bits per heavy atom. The van der Waals surface area contributed by atoms with Crippen molar-refractivity contribution in [2.24, 2.45) is 5.41 Å². The Morgan fingerprint density at radius 1 is 1.29 bits per heavy atom. The van der Waals surface area contributed by atoms with Gasteiger partial charge in [-0.2, -0.15) is 0 Å². The minimum atomic E-state index is -0.854. The maximum absolute atomic E-state index is 11.9. The van der Waals surface area contributed by atoms with Crippen LogP contribution in [0.4, 0.5) is 0 Å². The van der Waals surface area contributed by atoms with E-state index in [1.165, 1.54) is 0 Å². The number of thioether (sulfide) groups is 1. The normalized spacial score (nSPS) is 22.7. The molecule has 21 heavy (non-hydrogen) atoms. The molecule has 0 aliphatic carbocycles. The predicted molar refractivity (Wildman–Crippen MR) is 81.5 cm³/mol. The van der Waals surface area contributed by atoms with E-state index in [2.05, 4.69) is 10.6 Å². The number of carboxylic acids is 1. The highest BCUT2D eigenvalue weighted by atomic mass is 32.2. The van der Waals surface area contributed by atoms with Crippen LogP contribution in [0.25, 0.3) is 0 Å². The molecular weight excluding hydrogens is 292 g/mol. The standard InChI is InChI=1S/C14H24N2O4S/c17-12(9-21-11-1-5-15-6-2-11)16-10-14(13(18)19)3-7-20-8-4-14/h11,15H,1-10H2,(H,16,17)(H,18,19). The summed E-state index contributed by atoms with van der Waals surface area (Å²) in [7, 11) is 0. The number of carboxylic acid groups (broad SMARTS) is 1. The summed E-state index contributed by atoms with van der Waals surface area (Å²) >= 11 is 1.68. The molecule has 7 heteroatoms. The first-order valence-electron chi connectivity index (χ1n) is 7.52. The van der Waals surface area contributed by atoms with E-state index in [1.807, 2.05) is 0 Å². The quantitative estimate of drug-likeness (QED) is 0.660. The predicted octanol–water partition coefficient (Wildman–Crippen LogP) is 0.469. The van der Waals surface area contributed by atoms with Crippen molar-refractivity contribution in [2.75, 3.05) is 38.6 Å². The summed E-state index contributed by atoms with van der Waals surface area (Å²) in [6, 6.07) is 0. The van der Waals surface area contributed by atoms with Gasteiger partial charge in [-0.25, -0.2) is 0 Å². The Morgan fingerprint density at radius 2 is 1.95 bits per heavy atom. The van der Waals surface area contributed by atoms with Gasteiger partial charge in [0.2, 0.25) is 5.91 Å². The molecule has 0 bridgehead atoms. The lowest BCUT2D eigenvalue weighted by atomic mass is 9.80. The van der Waals surface area contributed by atoms with E-state index in [0.717, 1.165) is 25.9 Å². The van der Waals surface area contributed by atoms with Crippen molar-refractivity contribution < 1.29 is 19.4 Å². The minimum absolute atomic E-state index is 0.0642. The van der Waals surface area contributed by atoms with Crippen LogP contribution >= 0.6 is 11.8 Å². The molecule has 0 atom stereocenters. The van der Waals surface area contributed by atoms with Gasteiger partial charge < -0.3 is 20.5 Å². The van der Waals surface area contributed by atoms with Crippen molar-refractivity contribution in [3.05, 3.63) is 0 Å². The number of piperidine rings is 1. The second-order valence-corrected chi connectivity index (χ2v) is 7.02. The number of nitrogens with one attached hydrogen (secondary N) is 2. The number of amides is 1. The van der Waals surface area contributed by atoms with Gasteiger partial charge in [0.25, 0.3) is 0 Å². The van der Waals surface area contributed by atoms with Crippen LogP contribution in [0.2, 0.25) is 0 Å². The summed E-state index contributed by atoms with van der Waals surface area (Å²) in [6.07, 6.45) is 3.11. The fraction of sp³-hybridized carbons (Fsp3) is 0.857. The number of carbonyl (C=O) groups is 2. The van der Waals surface area contributed by atoms with Crippen molar-refractivity contribution >= 4 is 23.6 Å². The number of hydrogen-bond acceptors (Lipinski definition) is 5. The van der Waals surface area contributed by atoms with Crippen LogP contribution in [0.3, 0.4) is 0 Å². The summed E-state index contributed by atoms with van der Waals surface area (Å²) in [5.74, 6) is -0.487. The lowest BCUT2D eigenvalue weighted by Gasteiger charge is -2.33. The van der Waals surface area contributed by atoms with E-state index in [0.29, 0.717) is 37.1 Å². The molecule has 2 aliphatic heterocycles. The van der Waals surface area contributed by atoms with Crippen LogP contribution in [-0.4, -0.2) is 60.8 Å². The maximum atomic E-state index is 11.9. The lowest BCUT2D eigenvalue weighted by Crippen LogP contribution is -2.47. The number of carbonyl (C=O) groups excluding carboxylic acids is 1. The monoisotopic (exact) mass is 316 g/mol. The third-order valence-electron chi connectivity index (χ3n) is 4.26. The van der Waals surface area contributed by atoms with E-state index in [9.17, 15) is 14.7 Å². The first-order chi connectivity index (χ1) is 10.1.